The lowest BCUT2D eigenvalue weighted by atomic mass is 9.80. The SMILES string of the molecule is O=C(c1ccc(C2CCC2)cc1)c1cc(Cl)ccc1I. The van der Waals surface area contributed by atoms with E-state index in [0.29, 0.717) is 16.5 Å². The zero-order valence-electron chi connectivity index (χ0n) is 10.9. The van der Waals surface area contributed by atoms with E-state index in [1.54, 1.807) is 12.1 Å². The van der Waals surface area contributed by atoms with E-state index in [1.807, 2.05) is 18.2 Å². The number of hydrogen-bond donors (Lipinski definition) is 0. The summed E-state index contributed by atoms with van der Waals surface area (Å²) in [6, 6.07) is 13.5. The Morgan fingerprint density at radius 2 is 1.80 bits per heavy atom. The number of carbonyl (C=O) groups is 1. The summed E-state index contributed by atoms with van der Waals surface area (Å²) in [7, 11) is 0. The van der Waals surface area contributed by atoms with Gasteiger partial charge in [0.15, 0.2) is 5.78 Å². The Hall–Kier alpha value is -0.870. The summed E-state index contributed by atoms with van der Waals surface area (Å²) in [6.45, 7) is 0. The van der Waals surface area contributed by atoms with Gasteiger partial charge in [0, 0.05) is 19.7 Å². The Labute approximate surface area is 137 Å². The van der Waals surface area contributed by atoms with Gasteiger partial charge in [-0.15, -0.1) is 0 Å². The lowest BCUT2D eigenvalue weighted by Gasteiger charge is -2.25. The van der Waals surface area contributed by atoms with Gasteiger partial charge in [0.25, 0.3) is 0 Å². The number of ketones is 1. The highest BCUT2D eigenvalue weighted by Crippen LogP contribution is 2.36. The van der Waals surface area contributed by atoms with Crippen molar-refractivity contribution in [1.29, 1.82) is 0 Å². The second-order valence-corrected chi connectivity index (χ2v) is 6.80. The number of carbonyl (C=O) groups excluding carboxylic acids is 1. The van der Waals surface area contributed by atoms with Crippen molar-refractivity contribution >= 4 is 40.0 Å². The third kappa shape index (κ3) is 2.77. The van der Waals surface area contributed by atoms with Gasteiger partial charge in [0.1, 0.15) is 0 Å². The van der Waals surface area contributed by atoms with Crippen molar-refractivity contribution in [3.05, 3.63) is 67.7 Å². The van der Waals surface area contributed by atoms with Gasteiger partial charge in [-0.05, 0) is 65.1 Å². The largest absolute Gasteiger partial charge is 0.289 e. The van der Waals surface area contributed by atoms with Gasteiger partial charge >= 0.3 is 0 Å². The maximum atomic E-state index is 12.5. The van der Waals surface area contributed by atoms with Gasteiger partial charge in [0.2, 0.25) is 0 Å². The summed E-state index contributed by atoms with van der Waals surface area (Å²) < 4.78 is 0.931. The maximum absolute atomic E-state index is 12.5. The standard InChI is InChI=1S/C17H14ClIO/c18-14-8-9-16(19)15(10-14)17(20)13-6-4-12(5-7-13)11-2-1-3-11/h4-11H,1-3H2. The van der Waals surface area contributed by atoms with Crippen LogP contribution in [0.25, 0.3) is 0 Å². The molecule has 3 heteroatoms. The van der Waals surface area contributed by atoms with Gasteiger partial charge in [0.05, 0.1) is 0 Å². The molecule has 1 aliphatic carbocycles. The van der Waals surface area contributed by atoms with Crippen LogP contribution in [0.5, 0.6) is 0 Å². The molecule has 0 N–H and O–H groups in total. The van der Waals surface area contributed by atoms with Crippen molar-refractivity contribution in [3.8, 4) is 0 Å². The third-order valence-corrected chi connectivity index (χ3v) is 5.10. The molecule has 1 aliphatic rings. The molecule has 0 amide bonds. The highest BCUT2D eigenvalue weighted by molar-refractivity contribution is 14.1. The Kier molecular flexibility index (Phi) is 4.13. The molecule has 0 unspecified atom stereocenters. The fraction of sp³-hybridized carbons (Fsp3) is 0.235. The summed E-state index contributed by atoms with van der Waals surface area (Å²) in [5, 5.41) is 0.597. The predicted octanol–water partition coefficient (Wildman–Crippen LogP) is 5.44. The number of benzene rings is 2. The van der Waals surface area contributed by atoms with Crippen molar-refractivity contribution in [3.63, 3.8) is 0 Å². The zero-order chi connectivity index (χ0) is 14.1. The van der Waals surface area contributed by atoms with E-state index in [1.165, 1.54) is 24.8 Å². The van der Waals surface area contributed by atoms with Crippen LogP contribution in [0, 0.1) is 3.57 Å². The number of hydrogen-bond acceptors (Lipinski definition) is 1. The van der Waals surface area contributed by atoms with Gasteiger partial charge in [-0.2, -0.15) is 0 Å². The van der Waals surface area contributed by atoms with Crippen molar-refractivity contribution in [1.82, 2.24) is 0 Å². The second kappa shape index (κ2) is 5.86. The molecule has 0 saturated heterocycles. The molecule has 0 heterocycles. The van der Waals surface area contributed by atoms with E-state index in [0.717, 1.165) is 9.13 Å². The molecule has 102 valence electrons. The van der Waals surface area contributed by atoms with E-state index >= 15 is 0 Å². The lowest BCUT2D eigenvalue weighted by Crippen LogP contribution is -2.09. The Bertz CT molecular complexity index is 645. The normalized spacial score (nSPS) is 14.9. The Morgan fingerprint density at radius 3 is 2.40 bits per heavy atom. The highest BCUT2D eigenvalue weighted by Gasteiger charge is 2.20. The molecule has 1 saturated carbocycles. The van der Waals surface area contributed by atoms with Crippen LogP contribution >= 0.6 is 34.2 Å². The van der Waals surface area contributed by atoms with Gasteiger partial charge in [-0.25, -0.2) is 0 Å². The molecule has 1 nitrogen and oxygen atoms in total. The molecule has 20 heavy (non-hydrogen) atoms. The molecule has 3 rings (SSSR count). The summed E-state index contributed by atoms with van der Waals surface area (Å²) in [5.41, 5.74) is 2.76. The average Bonchev–Trinajstić information content (AvgIpc) is 2.40. The Morgan fingerprint density at radius 1 is 1.10 bits per heavy atom. The van der Waals surface area contributed by atoms with Gasteiger partial charge in [-0.1, -0.05) is 42.3 Å². The van der Waals surface area contributed by atoms with Crippen molar-refractivity contribution in [2.75, 3.05) is 0 Å². The number of rotatable bonds is 3. The van der Waals surface area contributed by atoms with Crippen LogP contribution in [-0.2, 0) is 0 Å². The lowest BCUT2D eigenvalue weighted by molar-refractivity contribution is 0.103. The van der Waals surface area contributed by atoms with Crippen LogP contribution in [0.1, 0.15) is 46.7 Å². The first kappa shape index (κ1) is 14.1. The van der Waals surface area contributed by atoms with Crippen molar-refractivity contribution < 1.29 is 4.79 Å². The predicted molar refractivity (Wildman–Crippen MR) is 90.6 cm³/mol. The minimum atomic E-state index is 0.0389. The van der Waals surface area contributed by atoms with Crippen LogP contribution < -0.4 is 0 Å². The molecule has 0 aromatic heterocycles. The summed E-state index contributed by atoms with van der Waals surface area (Å²) in [6.07, 6.45) is 3.88. The molecular formula is C17H14ClIO. The molecular weight excluding hydrogens is 383 g/mol. The summed E-state index contributed by atoms with van der Waals surface area (Å²) >= 11 is 8.16. The smallest absolute Gasteiger partial charge is 0.194 e. The van der Waals surface area contributed by atoms with Crippen LogP contribution in [0.15, 0.2) is 42.5 Å². The monoisotopic (exact) mass is 396 g/mol. The number of halogens is 2. The van der Waals surface area contributed by atoms with Crippen LogP contribution in [0.3, 0.4) is 0 Å². The first-order valence-electron chi connectivity index (χ1n) is 6.75. The fourth-order valence-electron chi connectivity index (χ4n) is 2.48. The van der Waals surface area contributed by atoms with Crippen molar-refractivity contribution in [2.45, 2.75) is 25.2 Å². The fourth-order valence-corrected chi connectivity index (χ4v) is 3.23. The second-order valence-electron chi connectivity index (χ2n) is 5.20. The van der Waals surface area contributed by atoms with E-state index < -0.39 is 0 Å². The first-order valence-corrected chi connectivity index (χ1v) is 8.20. The molecule has 2 aromatic carbocycles. The molecule has 0 radical (unpaired) electrons. The third-order valence-electron chi connectivity index (χ3n) is 3.92. The topological polar surface area (TPSA) is 17.1 Å². The summed E-state index contributed by atoms with van der Waals surface area (Å²) in [4.78, 5) is 12.5. The molecule has 0 spiro atoms. The van der Waals surface area contributed by atoms with E-state index in [9.17, 15) is 4.79 Å². The molecule has 0 atom stereocenters. The summed E-state index contributed by atoms with van der Waals surface area (Å²) in [5.74, 6) is 0.738. The molecule has 0 aliphatic heterocycles. The quantitative estimate of drug-likeness (QED) is 0.498. The minimum Gasteiger partial charge on any atom is -0.289 e. The van der Waals surface area contributed by atoms with Gasteiger partial charge in [-0.3, -0.25) is 4.79 Å². The average molecular weight is 397 g/mol. The molecule has 0 bridgehead atoms. The van der Waals surface area contributed by atoms with Crippen LogP contribution in [0.2, 0.25) is 5.02 Å². The highest BCUT2D eigenvalue weighted by atomic mass is 127. The van der Waals surface area contributed by atoms with E-state index in [-0.39, 0.29) is 5.78 Å². The van der Waals surface area contributed by atoms with Gasteiger partial charge < -0.3 is 0 Å². The maximum Gasteiger partial charge on any atom is 0.194 e. The first-order chi connectivity index (χ1) is 9.65. The molecule has 1 fully saturated rings. The zero-order valence-corrected chi connectivity index (χ0v) is 13.8. The minimum absolute atomic E-state index is 0.0389. The van der Waals surface area contributed by atoms with Crippen molar-refractivity contribution in [2.24, 2.45) is 0 Å². The van der Waals surface area contributed by atoms with Crippen LogP contribution in [-0.4, -0.2) is 5.78 Å². The van der Waals surface area contributed by atoms with E-state index in [2.05, 4.69) is 34.7 Å². The van der Waals surface area contributed by atoms with E-state index in [4.69, 9.17) is 11.6 Å². The Balaban J connectivity index is 1.88. The van der Waals surface area contributed by atoms with Crippen LogP contribution in [0.4, 0.5) is 0 Å². The molecule has 2 aromatic rings.